The van der Waals surface area contributed by atoms with E-state index in [1.54, 1.807) is 0 Å². The third-order valence-corrected chi connectivity index (χ3v) is 0.575. The van der Waals surface area contributed by atoms with E-state index in [1.807, 2.05) is 0 Å². The van der Waals surface area contributed by atoms with E-state index in [4.69, 9.17) is 6.90 Å². The van der Waals surface area contributed by atoms with Crippen molar-refractivity contribution in [3.8, 4) is 0 Å². The molecule has 0 unspecified atom stereocenters. The molecule has 0 saturated heterocycles. The predicted octanol–water partition coefficient (Wildman–Crippen LogP) is -0.971. The number of carbonyl (C=O) groups is 2. The fourth-order valence-corrected chi connectivity index (χ4v) is 0.200. The summed E-state index contributed by atoms with van der Waals surface area (Å²) >= 11 is 0. The largest absolute Gasteiger partial charge is 0.460 e. The number of esters is 1. The fourth-order valence-electron chi connectivity index (χ4n) is 0.200. The molecule has 0 radical (unpaired) electrons. The molecule has 5 nitrogen and oxygen atoms in total. The second kappa shape index (κ2) is 3.51. The van der Waals surface area contributed by atoms with Gasteiger partial charge in [0.05, 0.1) is 7.11 Å². The SMILES string of the molecule is [2H]C(=O)C(=[N+]=[N-])C(=O)OC. The molecular formula is C4H4N2O3. The van der Waals surface area contributed by atoms with Gasteiger partial charge in [0.2, 0.25) is 6.26 Å². The van der Waals surface area contributed by atoms with Gasteiger partial charge in [0.15, 0.2) is 0 Å². The summed E-state index contributed by atoms with van der Waals surface area (Å²) in [4.78, 5) is 22.6. The van der Waals surface area contributed by atoms with Crippen LogP contribution in [0.15, 0.2) is 0 Å². The van der Waals surface area contributed by atoms with Crippen molar-refractivity contribution in [2.45, 2.75) is 0 Å². The molecule has 0 fully saturated rings. The number of carbonyl (C=O) groups excluding carboxylic acids is 2. The van der Waals surface area contributed by atoms with Crippen molar-refractivity contribution in [2.75, 3.05) is 7.11 Å². The molecule has 0 aromatic carbocycles. The lowest BCUT2D eigenvalue weighted by atomic mass is 10.4. The van der Waals surface area contributed by atoms with Crippen LogP contribution in [0.4, 0.5) is 0 Å². The molecule has 0 rings (SSSR count). The molecule has 0 N–H and O–H groups in total. The van der Waals surface area contributed by atoms with Crippen molar-refractivity contribution in [3.05, 3.63) is 5.53 Å². The van der Waals surface area contributed by atoms with Crippen LogP contribution < -0.4 is 0 Å². The topological polar surface area (TPSA) is 79.8 Å². The van der Waals surface area contributed by atoms with Crippen LogP contribution in [-0.4, -0.2) is 29.8 Å². The van der Waals surface area contributed by atoms with Gasteiger partial charge in [0, 0.05) is 0 Å². The van der Waals surface area contributed by atoms with Crippen LogP contribution in [0.5, 0.6) is 0 Å². The van der Waals surface area contributed by atoms with Crippen LogP contribution in [0.1, 0.15) is 1.37 Å². The molecule has 0 heterocycles. The summed E-state index contributed by atoms with van der Waals surface area (Å²) < 4.78 is 10.3. The molecule has 0 saturated carbocycles. The minimum atomic E-state index is -1.38. The van der Waals surface area contributed by atoms with Crippen molar-refractivity contribution >= 4 is 17.9 Å². The normalized spacial score (nSPS) is 8.78. The first-order valence-corrected chi connectivity index (χ1v) is 1.94. The Kier molecular flexibility index (Phi) is 2.21. The van der Waals surface area contributed by atoms with Crippen LogP contribution >= 0.6 is 0 Å². The molecule has 0 aromatic heterocycles. The molecule has 0 spiro atoms. The van der Waals surface area contributed by atoms with E-state index in [-0.39, 0.29) is 0 Å². The molecule has 0 aliphatic heterocycles. The minimum absolute atomic E-state index is 0.928. The van der Waals surface area contributed by atoms with Crippen LogP contribution in [-0.2, 0) is 14.3 Å². The molecular weight excluding hydrogens is 124 g/mol. The molecule has 0 aliphatic rings. The van der Waals surface area contributed by atoms with Crippen LogP contribution in [0.25, 0.3) is 5.53 Å². The molecule has 0 aromatic rings. The minimum Gasteiger partial charge on any atom is -0.460 e. The number of hydrogen-bond donors (Lipinski definition) is 0. The Morgan fingerprint density at radius 3 is 2.67 bits per heavy atom. The quantitative estimate of drug-likeness (QED) is 0.120. The Morgan fingerprint density at radius 1 is 2.00 bits per heavy atom. The second-order valence-electron chi connectivity index (χ2n) is 1.04. The zero-order chi connectivity index (χ0) is 8.15. The lowest BCUT2D eigenvalue weighted by Gasteiger charge is -1.83. The molecule has 5 heteroatoms. The number of hydrogen-bond acceptors (Lipinski definition) is 3. The third-order valence-electron chi connectivity index (χ3n) is 0.575. The van der Waals surface area contributed by atoms with Gasteiger partial charge >= 0.3 is 11.7 Å². The maximum Gasteiger partial charge on any atom is 0.438 e. The molecule has 0 aliphatic carbocycles. The highest BCUT2D eigenvalue weighted by molar-refractivity contribution is 6.55. The monoisotopic (exact) mass is 129 g/mol. The summed E-state index contributed by atoms with van der Waals surface area (Å²) in [5.41, 5.74) is 7.02. The smallest absolute Gasteiger partial charge is 0.438 e. The van der Waals surface area contributed by atoms with Gasteiger partial charge in [-0.1, -0.05) is 0 Å². The fraction of sp³-hybridized carbons (Fsp3) is 0.250. The number of rotatable bonds is 2. The van der Waals surface area contributed by atoms with Gasteiger partial charge in [0.25, 0.3) is 0 Å². The van der Waals surface area contributed by atoms with Gasteiger partial charge in [-0.3, -0.25) is 4.79 Å². The number of nitrogens with zero attached hydrogens (tertiary/aromatic N) is 2. The van der Waals surface area contributed by atoms with E-state index in [1.165, 1.54) is 0 Å². The van der Waals surface area contributed by atoms with E-state index in [0.29, 0.717) is 0 Å². The summed E-state index contributed by atoms with van der Waals surface area (Å²) in [5, 5.41) is 0. The Morgan fingerprint density at radius 2 is 2.56 bits per heavy atom. The Balaban J connectivity index is 4.56. The van der Waals surface area contributed by atoms with Crippen LogP contribution in [0.2, 0.25) is 0 Å². The van der Waals surface area contributed by atoms with E-state index in [0.717, 1.165) is 7.11 Å². The van der Waals surface area contributed by atoms with Gasteiger partial charge in [-0.05, 0) is 0 Å². The maximum atomic E-state index is 10.3. The Hall–Kier alpha value is -1.48. The van der Waals surface area contributed by atoms with E-state index in [2.05, 4.69) is 9.53 Å². The second-order valence-corrected chi connectivity index (χ2v) is 1.04. The maximum absolute atomic E-state index is 10.3. The van der Waals surface area contributed by atoms with E-state index >= 15 is 0 Å². The Labute approximate surface area is 52.3 Å². The van der Waals surface area contributed by atoms with E-state index in [9.17, 15) is 9.59 Å². The van der Waals surface area contributed by atoms with Crippen molar-refractivity contribution in [3.63, 3.8) is 0 Å². The number of methoxy groups -OCH3 is 1. The summed E-state index contributed by atoms with van der Waals surface area (Å²) in [6.07, 6.45) is -1.38. The number of ether oxygens (including phenoxy) is 1. The van der Waals surface area contributed by atoms with Crippen molar-refractivity contribution in [1.82, 2.24) is 0 Å². The van der Waals surface area contributed by atoms with Gasteiger partial charge in [-0.15, -0.1) is 0 Å². The van der Waals surface area contributed by atoms with Crippen molar-refractivity contribution < 1.29 is 20.5 Å². The lowest BCUT2D eigenvalue weighted by molar-refractivity contribution is -0.138. The molecule has 9 heavy (non-hydrogen) atoms. The van der Waals surface area contributed by atoms with Crippen molar-refractivity contribution in [1.29, 1.82) is 0 Å². The highest BCUT2D eigenvalue weighted by Gasteiger charge is 2.18. The van der Waals surface area contributed by atoms with E-state index < -0.39 is 17.9 Å². The highest BCUT2D eigenvalue weighted by atomic mass is 16.5. The summed E-state index contributed by atoms with van der Waals surface area (Å²) in [7, 11) is 1.01. The van der Waals surface area contributed by atoms with Crippen LogP contribution in [0, 0.1) is 0 Å². The standard InChI is InChI=1S/C4H4N2O3/c1-9-4(8)3(2-7)6-5/h2H,1H3/i2D. The van der Waals surface area contributed by atoms with Crippen molar-refractivity contribution in [2.24, 2.45) is 0 Å². The predicted molar refractivity (Wildman–Crippen MR) is 26.7 cm³/mol. The lowest BCUT2D eigenvalue weighted by Crippen LogP contribution is -2.17. The molecule has 0 amide bonds. The first-order valence-electron chi connectivity index (χ1n) is 2.44. The van der Waals surface area contributed by atoms with Crippen LogP contribution in [0.3, 0.4) is 0 Å². The first kappa shape index (κ1) is 5.65. The molecule has 48 valence electrons. The first-order chi connectivity index (χ1) is 4.63. The Bertz CT molecular complexity index is 219. The summed E-state index contributed by atoms with van der Waals surface area (Å²) in [6.45, 7) is 0. The van der Waals surface area contributed by atoms with Gasteiger partial charge < -0.3 is 10.3 Å². The summed E-state index contributed by atoms with van der Waals surface area (Å²) in [5.74, 6) is -1.12. The third kappa shape index (κ3) is 1.84. The van der Waals surface area contributed by atoms with Gasteiger partial charge in [-0.2, -0.15) is 4.79 Å². The molecule has 0 bridgehead atoms. The zero-order valence-corrected chi connectivity index (χ0v) is 4.62. The van der Waals surface area contributed by atoms with Gasteiger partial charge in [-0.25, -0.2) is 4.79 Å². The average molecular weight is 129 g/mol. The van der Waals surface area contributed by atoms with Gasteiger partial charge in [0.1, 0.15) is 1.37 Å². The molecule has 0 atom stereocenters. The summed E-state index contributed by atoms with van der Waals surface area (Å²) in [6, 6.07) is 0. The average Bonchev–Trinajstić information content (AvgIpc) is 1.88. The number of aldehydes is 1. The zero-order valence-electron chi connectivity index (χ0n) is 5.62. The highest BCUT2D eigenvalue weighted by Crippen LogP contribution is 1.71.